The van der Waals surface area contributed by atoms with Gasteiger partial charge in [-0.1, -0.05) is 0 Å². The highest BCUT2D eigenvalue weighted by Gasteiger charge is 2.12. The van der Waals surface area contributed by atoms with E-state index < -0.39 is 0 Å². The molecule has 18 heavy (non-hydrogen) atoms. The fourth-order valence-corrected chi connectivity index (χ4v) is 2.90. The minimum absolute atomic E-state index is 0.165. The highest BCUT2D eigenvalue weighted by molar-refractivity contribution is 9.10. The lowest BCUT2D eigenvalue weighted by molar-refractivity contribution is 0.103. The van der Waals surface area contributed by atoms with Crippen molar-refractivity contribution >= 4 is 44.5 Å². The number of benzene rings is 1. The lowest BCUT2D eigenvalue weighted by Gasteiger charge is -2.08. The number of anilines is 2. The first-order chi connectivity index (χ1) is 8.61. The van der Waals surface area contributed by atoms with Crippen LogP contribution in [-0.2, 0) is 0 Å². The topological polar surface area (TPSA) is 64.3 Å². The Balaban J connectivity index is 2.17. The number of carbonyl (C=O) groups is 1. The third kappa shape index (κ3) is 2.65. The molecule has 1 heterocycles. The molecule has 1 aromatic heterocycles. The van der Waals surface area contributed by atoms with Gasteiger partial charge in [0.25, 0.3) is 5.91 Å². The van der Waals surface area contributed by atoms with E-state index >= 15 is 0 Å². The summed E-state index contributed by atoms with van der Waals surface area (Å²) in [6, 6.07) is 6.96. The second-order valence-electron chi connectivity index (χ2n) is 3.51. The quantitative estimate of drug-likeness (QED) is 0.850. The van der Waals surface area contributed by atoms with Crippen molar-refractivity contribution in [3.8, 4) is 5.75 Å². The van der Waals surface area contributed by atoms with Crippen LogP contribution >= 0.6 is 27.3 Å². The van der Waals surface area contributed by atoms with Gasteiger partial charge in [-0.05, 0) is 45.6 Å². The normalized spacial score (nSPS) is 10.1. The van der Waals surface area contributed by atoms with E-state index in [2.05, 4.69) is 21.2 Å². The first-order valence-corrected chi connectivity index (χ1v) is 6.77. The van der Waals surface area contributed by atoms with Crippen molar-refractivity contribution in [2.45, 2.75) is 0 Å². The lowest BCUT2D eigenvalue weighted by Crippen LogP contribution is -2.11. The summed E-state index contributed by atoms with van der Waals surface area (Å²) in [4.78, 5) is 12.6. The van der Waals surface area contributed by atoms with E-state index in [9.17, 15) is 4.79 Å². The van der Waals surface area contributed by atoms with Crippen LogP contribution in [0.1, 0.15) is 9.67 Å². The van der Waals surface area contributed by atoms with Crippen LogP contribution in [0.5, 0.6) is 5.75 Å². The number of methoxy groups -OCH3 is 1. The largest absolute Gasteiger partial charge is 0.495 e. The molecule has 0 aliphatic rings. The highest BCUT2D eigenvalue weighted by Crippen LogP contribution is 2.27. The Morgan fingerprint density at radius 3 is 2.78 bits per heavy atom. The van der Waals surface area contributed by atoms with Crippen LogP contribution in [0, 0.1) is 0 Å². The van der Waals surface area contributed by atoms with Crippen LogP contribution in [0.25, 0.3) is 0 Å². The Labute approximate surface area is 117 Å². The van der Waals surface area contributed by atoms with E-state index in [1.54, 1.807) is 25.3 Å². The molecule has 6 heteroatoms. The average molecular weight is 327 g/mol. The van der Waals surface area contributed by atoms with Crippen LogP contribution in [0.4, 0.5) is 11.4 Å². The molecule has 2 rings (SSSR count). The lowest BCUT2D eigenvalue weighted by atomic mass is 10.2. The van der Waals surface area contributed by atoms with E-state index in [1.807, 2.05) is 11.4 Å². The second-order valence-corrected chi connectivity index (χ2v) is 5.28. The molecule has 1 aromatic carbocycles. The Hall–Kier alpha value is -1.53. The molecular formula is C12H11BrN2O2S. The fraction of sp³-hybridized carbons (Fsp3) is 0.0833. The maximum absolute atomic E-state index is 12.0. The first kappa shape index (κ1) is 12.9. The summed E-state index contributed by atoms with van der Waals surface area (Å²) in [6.07, 6.45) is 0. The molecule has 0 bridgehead atoms. The van der Waals surface area contributed by atoms with Gasteiger partial charge in [0.2, 0.25) is 0 Å². The number of hydrogen-bond acceptors (Lipinski definition) is 4. The van der Waals surface area contributed by atoms with E-state index in [1.165, 1.54) is 11.3 Å². The molecule has 2 aromatic rings. The van der Waals surface area contributed by atoms with Gasteiger partial charge in [-0.15, -0.1) is 11.3 Å². The van der Waals surface area contributed by atoms with Crippen molar-refractivity contribution in [1.29, 1.82) is 0 Å². The molecule has 0 saturated heterocycles. The van der Waals surface area contributed by atoms with Gasteiger partial charge in [-0.25, -0.2) is 0 Å². The Kier molecular flexibility index (Phi) is 3.88. The predicted octanol–water partition coefficient (Wildman–Crippen LogP) is 3.35. The van der Waals surface area contributed by atoms with Gasteiger partial charge < -0.3 is 15.8 Å². The zero-order chi connectivity index (χ0) is 13.1. The molecule has 4 nitrogen and oxygen atoms in total. The molecule has 0 aliphatic carbocycles. The van der Waals surface area contributed by atoms with Crippen LogP contribution in [-0.4, -0.2) is 13.0 Å². The molecule has 1 amide bonds. The van der Waals surface area contributed by atoms with Crippen LogP contribution in [0.2, 0.25) is 0 Å². The molecule has 3 N–H and O–H groups in total. The zero-order valence-electron chi connectivity index (χ0n) is 9.57. The van der Waals surface area contributed by atoms with Crippen molar-refractivity contribution in [3.63, 3.8) is 0 Å². The number of halogens is 1. The number of nitrogens with one attached hydrogen (secondary N) is 1. The van der Waals surface area contributed by atoms with Gasteiger partial charge in [0, 0.05) is 10.2 Å². The van der Waals surface area contributed by atoms with E-state index in [0.717, 1.165) is 4.47 Å². The van der Waals surface area contributed by atoms with Gasteiger partial charge >= 0.3 is 0 Å². The van der Waals surface area contributed by atoms with Gasteiger partial charge in [0.15, 0.2) is 0 Å². The third-order valence-corrected chi connectivity index (χ3v) is 4.15. The number of amides is 1. The highest BCUT2D eigenvalue weighted by atomic mass is 79.9. The molecule has 0 atom stereocenters. The summed E-state index contributed by atoms with van der Waals surface area (Å²) in [5.41, 5.74) is 6.90. The number of hydrogen-bond donors (Lipinski definition) is 2. The van der Waals surface area contributed by atoms with Crippen molar-refractivity contribution < 1.29 is 9.53 Å². The van der Waals surface area contributed by atoms with Crippen LogP contribution in [0.15, 0.2) is 34.1 Å². The number of nitrogen functional groups attached to an aromatic ring is 1. The molecule has 0 aliphatic heterocycles. The van der Waals surface area contributed by atoms with Crippen molar-refractivity contribution in [2.75, 3.05) is 18.2 Å². The van der Waals surface area contributed by atoms with Gasteiger partial charge in [0.1, 0.15) is 10.6 Å². The number of carbonyl (C=O) groups excluding carboxylic acids is 1. The molecule has 0 fully saturated rings. The van der Waals surface area contributed by atoms with Gasteiger partial charge in [-0.3, -0.25) is 4.79 Å². The fourth-order valence-electron chi connectivity index (χ4n) is 1.46. The van der Waals surface area contributed by atoms with Crippen LogP contribution < -0.4 is 15.8 Å². The van der Waals surface area contributed by atoms with Gasteiger partial charge in [-0.2, -0.15) is 0 Å². The van der Waals surface area contributed by atoms with E-state index in [0.29, 0.717) is 22.0 Å². The van der Waals surface area contributed by atoms with Crippen molar-refractivity contribution in [1.82, 2.24) is 0 Å². The van der Waals surface area contributed by atoms with E-state index in [-0.39, 0.29) is 5.91 Å². The molecular weight excluding hydrogens is 316 g/mol. The minimum atomic E-state index is -0.165. The molecule has 0 radical (unpaired) electrons. The Morgan fingerprint density at radius 1 is 1.44 bits per heavy atom. The number of rotatable bonds is 3. The molecule has 0 saturated carbocycles. The Bertz CT molecular complexity index is 583. The summed E-state index contributed by atoms with van der Waals surface area (Å²) >= 11 is 4.70. The monoisotopic (exact) mass is 326 g/mol. The first-order valence-electron chi connectivity index (χ1n) is 5.09. The smallest absolute Gasteiger partial charge is 0.266 e. The summed E-state index contributed by atoms with van der Waals surface area (Å²) in [5.74, 6) is 0.423. The van der Waals surface area contributed by atoms with Crippen LogP contribution in [0.3, 0.4) is 0 Å². The van der Waals surface area contributed by atoms with E-state index in [4.69, 9.17) is 10.5 Å². The number of nitrogens with two attached hydrogens (primary N) is 1. The SMILES string of the molecule is COc1ccc(NC(=O)c2sccc2Br)cc1N. The number of ether oxygens (including phenoxy) is 1. The van der Waals surface area contributed by atoms with Crippen molar-refractivity contribution in [2.24, 2.45) is 0 Å². The minimum Gasteiger partial charge on any atom is -0.495 e. The standard InChI is InChI=1S/C12H11BrN2O2S/c1-17-10-3-2-7(6-9(10)14)15-12(16)11-8(13)4-5-18-11/h2-6H,14H2,1H3,(H,15,16). The van der Waals surface area contributed by atoms with Gasteiger partial charge in [0.05, 0.1) is 12.8 Å². The maximum Gasteiger partial charge on any atom is 0.266 e. The second kappa shape index (κ2) is 5.41. The molecule has 94 valence electrons. The summed E-state index contributed by atoms with van der Waals surface area (Å²) < 4.78 is 5.84. The number of thiophene rings is 1. The molecule has 0 spiro atoms. The summed E-state index contributed by atoms with van der Waals surface area (Å²) in [6.45, 7) is 0. The zero-order valence-corrected chi connectivity index (χ0v) is 12.0. The summed E-state index contributed by atoms with van der Waals surface area (Å²) in [7, 11) is 1.55. The summed E-state index contributed by atoms with van der Waals surface area (Å²) in [5, 5.41) is 4.63. The molecule has 0 unspecified atom stereocenters. The predicted molar refractivity (Wildman–Crippen MR) is 77.4 cm³/mol. The average Bonchev–Trinajstić information content (AvgIpc) is 2.76. The third-order valence-electron chi connectivity index (χ3n) is 2.31. The Morgan fingerprint density at radius 2 is 2.22 bits per heavy atom. The maximum atomic E-state index is 12.0. The van der Waals surface area contributed by atoms with Crippen molar-refractivity contribution in [3.05, 3.63) is 39.0 Å².